The van der Waals surface area contributed by atoms with Gasteiger partial charge < -0.3 is 19.9 Å². The first kappa shape index (κ1) is 19.7. The minimum absolute atomic E-state index is 0.180. The zero-order chi connectivity index (χ0) is 21.1. The number of nitrogens with zero attached hydrogens (tertiary/aromatic N) is 1. The Hall–Kier alpha value is -3.65. The van der Waals surface area contributed by atoms with Crippen molar-refractivity contribution in [3.63, 3.8) is 0 Å². The second-order valence-electron chi connectivity index (χ2n) is 7.35. The molecule has 2 N–H and O–H groups in total. The van der Waals surface area contributed by atoms with Gasteiger partial charge in [-0.05, 0) is 71.9 Å². The number of hydrogen-bond acceptors (Lipinski definition) is 5. The number of rotatable bonds is 4. The molecule has 2 aromatic carbocycles. The second kappa shape index (κ2) is 8.38. The Morgan fingerprint density at radius 2 is 1.63 bits per heavy atom. The number of allylic oxidation sites excluding steroid dienone is 3. The molecule has 0 radical (unpaired) electrons. The predicted molar refractivity (Wildman–Crippen MR) is 115 cm³/mol. The van der Waals surface area contributed by atoms with E-state index in [4.69, 9.17) is 19.9 Å². The Morgan fingerprint density at radius 1 is 1.00 bits per heavy atom. The molecule has 0 bridgehead atoms. The van der Waals surface area contributed by atoms with Gasteiger partial charge >= 0.3 is 0 Å². The molecule has 152 valence electrons. The Morgan fingerprint density at radius 3 is 2.23 bits per heavy atom. The summed E-state index contributed by atoms with van der Waals surface area (Å²) in [5.74, 6) is 2.37. The molecule has 5 heteroatoms. The maximum Gasteiger partial charge on any atom is 0.205 e. The monoisotopic (exact) mass is 400 g/mol. The first-order valence-corrected chi connectivity index (χ1v) is 9.94. The quantitative estimate of drug-likeness (QED) is 0.778. The summed E-state index contributed by atoms with van der Waals surface area (Å²) in [4.78, 5) is 0. The van der Waals surface area contributed by atoms with Gasteiger partial charge in [0.2, 0.25) is 5.88 Å². The van der Waals surface area contributed by atoms with Gasteiger partial charge in [-0.3, -0.25) is 0 Å². The molecule has 5 nitrogen and oxygen atoms in total. The first-order valence-electron chi connectivity index (χ1n) is 9.94. The molecule has 1 atom stereocenters. The van der Waals surface area contributed by atoms with E-state index in [-0.39, 0.29) is 11.8 Å². The van der Waals surface area contributed by atoms with Crippen LogP contribution in [0.5, 0.6) is 11.5 Å². The third-order valence-electron chi connectivity index (χ3n) is 5.62. The molecule has 30 heavy (non-hydrogen) atoms. The van der Waals surface area contributed by atoms with E-state index in [9.17, 15) is 5.26 Å². The molecule has 1 heterocycles. The molecule has 0 spiro atoms. The van der Waals surface area contributed by atoms with Crippen LogP contribution >= 0.6 is 0 Å². The fraction of sp³-hybridized carbons (Fsp3) is 0.240. The number of nitriles is 1. The molecule has 1 aliphatic carbocycles. The summed E-state index contributed by atoms with van der Waals surface area (Å²) in [6.07, 6.45) is 4.89. The van der Waals surface area contributed by atoms with Gasteiger partial charge in [-0.15, -0.1) is 0 Å². The summed E-state index contributed by atoms with van der Waals surface area (Å²) in [6.45, 7) is 0. The number of ether oxygens (including phenoxy) is 3. The number of nitrogens with two attached hydrogens (primary N) is 1. The van der Waals surface area contributed by atoms with Gasteiger partial charge in [-0.25, -0.2) is 0 Å². The summed E-state index contributed by atoms with van der Waals surface area (Å²) in [5, 5.41) is 9.79. The third-order valence-corrected chi connectivity index (χ3v) is 5.62. The smallest absolute Gasteiger partial charge is 0.205 e. The van der Waals surface area contributed by atoms with E-state index < -0.39 is 0 Å². The third kappa shape index (κ3) is 3.65. The molecule has 1 aliphatic heterocycles. The van der Waals surface area contributed by atoms with Crippen LogP contribution in [0.2, 0.25) is 0 Å². The van der Waals surface area contributed by atoms with E-state index >= 15 is 0 Å². The summed E-state index contributed by atoms with van der Waals surface area (Å²) in [5.41, 5.74) is 11.0. The van der Waals surface area contributed by atoms with Gasteiger partial charge in [0.05, 0.1) is 14.2 Å². The second-order valence-corrected chi connectivity index (χ2v) is 7.35. The van der Waals surface area contributed by atoms with Gasteiger partial charge in [-0.1, -0.05) is 24.3 Å². The predicted octanol–water partition coefficient (Wildman–Crippen LogP) is 5.03. The molecular weight excluding hydrogens is 376 g/mol. The Balaban J connectivity index is 1.78. The summed E-state index contributed by atoms with van der Waals surface area (Å²) < 4.78 is 16.5. The standard InChI is InChI=1S/C25H24N2O3/c1-28-19-10-6-16(7-11-19)14-18-4-3-5-21-23(17-8-12-20(29-2)13-9-17)22(15-26)25(27)30-24(18)21/h6-14,23H,3-5,27H2,1-2H3/b18-14+. The number of hydrogen-bond donors (Lipinski definition) is 1. The fourth-order valence-corrected chi connectivity index (χ4v) is 4.11. The van der Waals surface area contributed by atoms with Crippen LogP contribution < -0.4 is 15.2 Å². The minimum Gasteiger partial charge on any atom is -0.497 e. The van der Waals surface area contributed by atoms with E-state index in [1.165, 1.54) is 0 Å². The summed E-state index contributed by atoms with van der Waals surface area (Å²) >= 11 is 0. The van der Waals surface area contributed by atoms with Gasteiger partial charge in [0.1, 0.15) is 28.9 Å². The van der Waals surface area contributed by atoms with Crippen molar-refractivity contribution >= 4 is 6.08 Å². The topological polar surface area (TPSA) is 77.5 Å². The lowest BCUT2D eigenvalue weighted by Gasteiger charge is -2.33. The maximum atomic E-state index is 9.79. The molecule has 4 rings (SSSR count). The van der Waals surface area contributed by atoms with Crippen molar-refractivity contribution in [3.8, 4) is 17.6 Å². The SMILES string of the molecule is COc1ccc(/C=C2\CCCC3=C2OC(N)=C(C#N)C3c2ccc(OC)cc2)cc1. The van der Waals surface area contributed by atoms with Crippen molar-refractivity contribution in [1.82, 2.24) is 0 Å². The van der Waals surface area contributed by atoms with Crippen LogP contribution in [0.4, 0.5) is 0 Å². The van der Waals surface area contributed by atoms with Gasteiger partial charge in [0.15, 0.2) is 0 Å². The van der Waals surface area contributed by atoms with E-state index in [0.29, 0.717) is 5.57 Å². The molecule has 2 aliphatic rings. The van der Waals surface area contributed by atoms with Crippen molar-refractivity contribution < 1.29 is 14.2 Å². The Labute approximate surface area is 176 Å². The van der Waals surface area contributed by atoms with E-state index in [1.54, 1.807) is 14.2 Å². The van der Waals surface area contributed by atoms with Crippen molar-refractivity contribution in [2.45, 2.75) is 25.2 Å². The highest BCUT2D eigenvalue weighted by Crippen LogP contribution is 2.47. The normalized spacial score (nSPS) is 19.8. The van der Waals surface area contributed by atoms with Crippen LogP contribution in [0.1, 0.15) is 36.3 Å². The summed E-state index contributed by atoms with van der Waals surface area (Å²) in [6, 6.07) is 18.0. The molecular formula is C25H24N2O3. The lowest BCUT2D eigenvalue weighted by molar-refractivity contribution is 0.277. The van der Waals surface area contributed by atoms with Gasteiger partial charge in [-0.2, -0.15) is 5.26 Å². The van der Waals surface area contributed by atoms with E-state index in [1.807, 2.05) is 48.5 Å². The van der Waals surface area contributed by atoms with Gasteiger partial charge in [0.25, 0.3) is 0 Å². The fourth-order valence-electron chi connectivity index (χ4n) is 4.11. The van der Waals surface area contributed by atoms with E-state index in [0.717, 1.165) is 58.8 Å². The highest BCUT2D eigenvalue weighted by molar-refractivity contribution is 5.62. The molecule has 0 aromatic heterocycles. The average molecular weight is 400 g/mol. The minimum atomic E-state index is -0.204. The lowest BCUT2D eigenvalue weighted by atomic mass is 9.77. The van der Waals surface area contributed by atoms with Crippen molar-refractivity contribution in [2.75, 3.05) is 14.2 Å². The van der Waals surface area contributed by atoms with Crippen LogP contribution in [0.3, 0.4) is 0 Å². The van der Waals surface area contributed by atoms with Crippen molar-refractivity contribution in [1.29, 1.82) is 5.26 Å². The van der Waals surface area contributed by atoms with Crippen molar-refractivity contribution in [2.24, 2.45) is 5.73 Å². The molecule has 1 unspecified atom stereocenters. The van der Waals surface area contributed by atoms with E-state index in [2.05, 4.69) is 12.1 Å². The number of methoxy groups -OCH3 is 2. The van der Waals surface area contributed by atoms with Gasteiger partial charge in [0, 0.05) is 5.92 Å². The highest BCUT2D eigenvalue weighted by Gasteiger charge is 2.35. The highest BCUT2D eigenvalue weighted by atomic mass is 16.5. The van der Waals surface area contributed by atoms with Crippen LogP contribution in [-0.2, 0) is 4.74 Å². The molecule has 0 amide bonds. The molecule has 0 fully saturated rings. The first-order chi connectivity index (χ1) is 14.6. The Kier molecular flexibility index (Phi) is 5.49. The number of benzene rings is 2. The zero-order valence-electron chi connectivity index (χ0n) is 17.1. The summed E-state index contributed by atoms with van der Waals surface area (Å²) in [7, 11) is 3.29. The molecule has 0 saturated carbocycles. The average Bonchev–Trinajstić information content (AvgIpc) is 2.79. The molecule has 2 aromatic rings. The van der Waals surface area contributed by atoms with Crippen LogP contribution in [0.25, 0.3) is 6.08 Å². The Bertz CT molecular complexity index is 1070. The lowest BCUT2D eigenvalue weighted by Crippen LogP contribution is -2.23. The van der Waals surface area contributed by atoms with Crippen LogP contribution in [0.15, 0.2) is 76.9 Å². The zero-order valence-corrected chi connectivity index (χ0v) is 17.1. The maximum absolute atomic E-state index is 9.79. The van der Waals surface area contributed by atoms with Crippen LogP contribution in [0, 0.1) is 11.3 Å². The largest absolute Gasteiger partial charge is 0.497 e. The van der Waals surface area contributed by atoms with Crippen LogP contribution in [-0.4, -0.2) is 14.2 Å². The van der Waals surface area contributed by atoms with Crippen molar-refractivity contribution in [3.05, 3.63) is 88.0 Å². The molecule has 0 saturated heterocycles.